The van der Waals surface area contributed by atoms with E-state index < -0.39 is 43.4 Å². The molecule has 0 aliphatic heterocycles. The second-order valence-corrected chi connectivity index (χ2v) is 12.8. The van der Waals surface area contributed by atoms with Crippen LogP contribution in [0.2, 0.25) is 0 Å². The van der Waals surface area contributed by atoms with E-state index in [2.05, 4.69) is 34.3 Å². The molecule has 0 aromatic heterocycles. The van der Waals surface area contributed by atoms with Gasteiger partial charge in [0.15, 0.2) is 13.2 Å². The highest BCUT2D eigenvalue weighted by Gasteiger charge is 2.19. The van der Waals surface area contributed by atoms with E-state index in [1.807, 2.05) is 48.5 Å². The second-order valence-electron chi connectivity index (χ2n) is 12.8. The number of carbonyl (C=O) groups is 5. The molecule has 16 nitrogen and oxygen atoms in total. The molecule has 1 atom stereocenters. The number of carboxylic acid groups (broad SMARTS) is 2. The van der Waals surface area contributed by atoms with Crippen LogP contribution in [0, 0.1) is 23.7 Å². The molecular weight excluding hydrogens is 748 g/mol. The minimum Gasteiger partial charge on any atom is -0.480 e. The zero-order valence-electron chi connectivity index (χ0n) is 32.2. The molecule has 3 aromatic rings. The molecule has 0 saturated carbocycles. The zero-order chi connectivity index (χ0) is 42.1. The van der Waals surface area contributed by atoms with Gasteiger partial charge in [-0.25, -0.2) is 9.59 Å². The van der Waals surface area contributed by atoms with Crippen LogP contribution in [0.1, 0.15) is 46.2 Å². The number of nitrogens with one attached hydrogen (secondary N) is 2. The normalized spacial score (nSPS) is 10.9. The van der Waals surface area contributed by atoms with E-state index >= 15 is 0 Å². The molecule has 0 spiro atoms. The first-order valence-electron chi connectivity index (χ1n) is 18.5. The molecule has 58 heavy (non-hydrogen) atoms. The number of rotatable bonds is 21. The Labute approximate surface area is 337 Å². The molecule has 0 fully saturated rings. The number of hydrogen-bond donors (Lipinski definition) is 7. The van der Waals surface area contributed by atoms with Gasteiger partial charge < -0.3 is 51.8 Å². The maximum absolute atomic E-state index is 12.7. The summed E-state index contributed by atoms with van der Waals surface area (Å²) in [5, 5.41) is 34.1. The van der Waals surface area contributed by atoms with Crippen molar-refractivity contribution in [3.05, 3.63) is 106 Å². The number of nitrogens with two attached hydrogens (primary N) is 2. The van der Waals surface area contributed by atoms with Gasteiger partial charge >= 0.3 is 24.1 Å². The fraction of sp³-hybridized carbons (Fsp3) is 0.357. The number of carboxylic acids is 2. The Morgan fingerprint density at radius 2 is 1.09 bits per heavy atom. The molecule has 308 valence electrons. The number of aryl methyl sites for hydroxylation is 2. The van der Waals surface area contributed by atoms with E-state index in [1.54, 1.807) is 24.3 Å². The van der Waals surface area contributed by atoms with Crippen molar-refractivity contribution in [3.8, 4) is 23.7 Å². The molecule has 9 N–H and O–H groups in total. The number of carbonyl (C=O) groups excluding carboxylic acids is 3. The number of aliphatic carboxylic acids is 2. The summed E-state index contributed by atoms with van der Waals surface area (Å²) in [6.07, 6.45) is -1.17. The molecule has 16 heteroatoms. The van der Waals surface area contributed by atoms with Gasteiger partial charge in [-0.3, -0.25) is 19.3 Å². The fourth-order valence-corrected chi connectivity index (χ4v) is 5.35. The smallest absolute Gasteiger partial charge is 0.408 e. The Hall–Kier alpha value is -6.43. The van der Waals surface area contributed by atoms with E-state index in [0.717, 1.165) is 22.3 Å². The summed E-state index contributed by atoms with van der Waals surface area (Å²) in [5.41, 5.74) is 16.4. The lowest BCUT2D eigenvalue weighted by Gasteiger charge is -2.26. The van der Waals surface area contributed by atoms with Crippen LogP contribution in [0.3, 0.4) is 0 Å². The average Bonchev–Trinajstić information content (AvgIpc) is 3.22. The molecule has 0 saturated heterocycles. The number of alkyl carbamates (subject to hydrolysis) is 2. The van der Waals surface area contributed by atoms with E-state index in [1.165, 1.54) is 9.80 Å². The first kappa shape index (κ1) is 46.0. The number of aliphatic hydroxyl groups is 1. The third-order valence-corrected chi connectivity index (χ3v) is 8.50. The van der Waals surface area contributed by atoms with Gasteiger partial charge in [0.2, 0.25) is 5.91 Å². The molecule has 1 unspecified atom stereocenters. The van der Waals surface area contributed by atoms with Gasteiger partial charge in [0.05, 0.1) is 6.54 Å². The van der Waals surface area contributed by atoms with Crippen LogP contribution < -0.4 is 22.1 Å². The van der Waals surface area contributed by atoms with E-state index in [4.69, 9.17) is 20.9 Å². The Bertz CT molecular complexity index is 1920. The lowest BCUT2D eigenvalue weighted by Crippen LogP contribution is -2.44. The fourth-order valence-electron chi connectivity index (χ4n) is 5.35. The predicted molar refractivity (Wildman–Crippen MR) is 214 cm³/mol. The number of ether oxygens (including phenoxy) is 2. The molecular formula is C42H50N6O10. The summed E-state index contributed by atoms with van der Waals surface area (Å²) in [6.45, 7) is -0.366. The van der Waals surface area contributed by atoms with Crippen molar-refractivity contribution in [2.75, 3.05) is 52.5 Å². The van der Waals surface area contributed by atoms with E-state index in [0.29, 0.717) is 43.5 Å². The molecule has 3 amide bonds. The van der Waals surface area contributed by atoms with Crippen molar-refractivity contribution in [2.24, 2.45) is 11.5 Å². The van der Waals surface area contributed by atoms with Crippen LogP contribution in [-0.4, -0.2) is 114 Å². The highest BCUT2D eigenvalue weighted by molar-refractivity contribution is 5.81. The van der Waals surface area contributed by atoms with Crippen LogP contribution in [0.4, 0.5) is 9.59 Å². The van der Waals surface area contributed by atoms with Gasteiger partial charge in [-0.2, -0.15) is 0 Å². The van der Waals surface area contributed by atoms with Crippen molar-refractivity contribution < 1.29 is 48.8 Å². The van der Waals surface area contributed by atoms with Crippen molar-refractivity contribution >= 4 is 30.0 Å². The maximum atomic E-state index is 12.7. The van der Waals surface area contributed by atoms with Crippen molar-refractivity contribution in [2.45, 2.75) is 45.0 Å². The predicted octanol–water partition coefficient (Wildman–Crippen LogP) is 1.64. The van der Waals surface area contributed by atoms with Crippen LogP contribution in [0.15, 0.2) is 72.8 Å². The standard InChI is InChI=1S/C42H50N6O10/c43-27-35-13-9-33(10-14-35)17-19-37(49)47(29-39(51)52)23-21-45-41(55)57-25-1-3-31-5-7-32(8-6-31)4-2-26-58-42(56)46-22-24-48(30-40(53)54)38(50)20-18-34-11-15-36(28-44)16-12-34/h5-16,37,49H,17-30,43-44H2,(H,45,55)(H,46,56)(H,51,52)(H,53,54). The zero-order valence-corrected chi connectivity index (χ0v) is 32.2. The third-order valence-electron chi connectivity index (χ3n) is 8.50. The van der Waals surface area contributed by atoms with Crippen molar-refractivity contribution in [1.29, 1.82) is 0 Å². The topological polar surface area (TPSA) is 247 Å². The lowest BCUT2D eigenvalue weighted by molar-refractivity contribution is -0.144. The Kier molecular flexibility index (Phi) is 20.3. The molecule has 0 bridgehead atoms. The summed E-state index contributed by atoms with van der Waals surface area (Å²) in [6, 6.07) is 22.0. The Morgan fingerprint density at radius 3 is 1.55 bits per heavy atom. The van der Waals surface area contributed by atoms with E-state index in [9.17, 15) is 39.3 Å². The number of amides is 3. The Balaban J connectivity index is 1.32. The highest BCUT2D eigenvalue weighted by atomic mass is 16.6. The summed E-state index contributed by atoms with van der Waals surface area (Å²) < 4.78 is 10.1. The minimum atomic E-state index is -1.17. The number of benzene rings is 3. The van der Waals surface area contributed by atoms with Gasteiger partial charge in [-0.15, -0.1) is 0 Å². The molecule has 0 aliphatic carbocycles. The first-order chi connectivity index (χ1) is 27.9. The average molecular weight is 799 g/mol. The molecule has 3 rings (SSSR count). The van der Waals surface area contributed by atoms with Gasteiger partial charge in [0.25, 0.3) is 0 Å². The van der Waals surface area contributed by atoms with Crippen LogP contribution in [-0.2, 0) is 49.8 Å². The van der Waals surface area contributed by atoms with E-state index in [-0.39, 0.29) is 51.7 Å². The van der Waals surface area contributed by atoms with Crippen LogP contribution in [0.25, 0.3) is 0 Å². The molecule has 0 aliphatic rings. The van der Waals surface area contributed by atoms with Crippen molar-refractivity contribution in [3.63, 3.8) is 0 Å². The third kappa shape index (κ3) is 18.5. The second kappa shape index (κ2) is 25.7. The monoisotopic (exact) mass is 798 g/mol. The van der Waals surface area contributed by atoms with Gasteiger partial charge in [-0.1, -0.05) is 72.2 Å². The highest BCUT2D eigenvalue weighted by Crippen LogP contribution is 2.11. The number of aliphatic hydroxyl groups excluding tert-OH is 1. The summed E-state index contributed by atoms with van der Waals surface area (Å²) in [5.74, 6) is 8.55. The van der Waals surface area contributed by atoms with Gasteiger partial charge in [-0.05, 0) is 65.8 Å². The maximum Gasteiger partial charge on any atom is 0.408 e. The number of nitrogens with zero attached hydrogens (tertiary/aromatic N) is 2. The SMILES string of the molecule is NCc1ccc(CCC(=O)N(CCNC(=O)OCC#Cc2ccc(C#CCOC(=O)NCCN(CC(=O)O)C(O)CCc3ccc(CN)cc3)cc2)CC(=O)O)cc1. The minimum absolute atomic E-state index is 0.0127. The first-order valence-corrected chi connectivity index (χ1v) is 18.5. The molecule has 0 radical (unpaired) electrons. The Morgan fingerprint density at radius 1 is 0.638 bits per heavy atom. The summed E-state index contributed by atoms with van der Waals surface area (Å²) in [7, 11) is 0. The van der Waals surface area contributed by atoms with Crippen molar-refractivity contribution in [1.82, 2.24) is 20.4 Å². The van der Waals surface area contributed by atoms with Crippen LogP contribution in [0.5, 0.6) is 0 Å². The van der Waals surface area contributed by atoms with Gasteiger partial charge in [0, 0.05) is 56.8 Å². The molecule has 0 heterocycles. The lowest BCUT2D eigenvalue weighted by atomic mass is 10.1. The molecule has 3 aromatic carbocycles. The van der Waals surface area contributed by atoms with Crippen LogP contribution >= 0.6 is 0 Å². The summed E-state index contributed by atoms with van der Waals surface area (Å²) >= 11 is 0. The quantitative estimate of drug-likeness (QED) is 0.0599. The largest absolute Gasteiger partial charge is 0.480 e. The van der Waals surface area contributed by atoms with Gasteiger partial charge in [0.1, 0.15) is 12.8 Å². The number of hydrogen-bond acceptors (Lipinski definition) is 11. The summed E-state index contributed by atoms with van der Waals surface area (Å²) in [4.78, 5) is 62.1.